The normalized spacial score (nSPS) is 11.9. The Morgan fingerprint density at radius 2 is 2.11 bits per heavy atom. The average molecular weight is 385 g/mol. The lowest BCUT2D eigenvalue weighted by molar-refractivity contribution is 0.191. The fourth-order valence-electron chi connectivity index (χ4n) is 2.65. The van der Waals surface area contributed by atoms with Gasteiger partial charge in [-0.25, -0.2) is 19.4 Å². The minimum atomic E-state index is -0.563. The van der Waals surface area contributed by atoms with Gasteiger partial charge in [0.2, 0.25) is 0 Å². The zero-order valence-corrected chi connectivity index (χ0v) is 15.7. The monoisotopic (exact) mass is 384 g/mol. The fourth-order valence-corrected chi connectivity index (χ4v) is 2.81. The van der Waals surface area contributed by atoms with Crippen molar-refractivity contribution in [2.45, 2.75) is 26.3 Å². The van der Waals surface area contributed by atoms with Crippen LogP contribution in [0.2, 0.25) is 5.02 Å². The molecule has 2 N–H and O–H groups in total. The molecule has 27 heavy (non-hydrogen) atoms. The third kappa shape index (κ3) is 3.43. The number of rotatable bonds is 2. The standard InChI is InChI=1S/C18H17ClN6O2/c1-18(2,3)24-17(26)27-13-8-20-16-15(13)23-14(9-21-16)25-12-6-11(19)5-4-10(12)7-22-25/h4-9H,1-3H3,(H,20,21)(H,24,26). The second kappa shape index (κ2) is 6.24. The Bertz CT molecular complexity index is 1160. The molecule has 0 fully saturated rings. The number of hydrogen-bond acceptors (Lipinski definition) is 5. The van der Waals surface area contributed by atoms with Crippen molar-refractivity contribution < 1.29 is 9.53 Å². The number of fused-ring (bicyclic) bond motifs is 2. The van der Waals surface area contributed by atoms with Crippen molar-refractivity contribution in [1.82, 2.24) is 30.0 Å². The Morgan fingerprint density at radius 3 is 2.89 bits per heavy atom. The van der Waals surface area contributed by atoms with Crippen molar-refractivity contribution in [3.8, 4) is 11.6 Å². The zero-order valence-electron chi connectivity index (χ0n) is 14.9. The highest BCUT2D eigenvalue weighted by Gasteiger charge is 2.18. The van der Waals surface area contributed by atoms with Gasteiger partial charge < -0.3 is 15.0 Å². The van der Waals surface area contributed by atoms with E-state index in [9.17, 15) is 4.79 Å². The van der Waals surface area contributed by atoms with Crippen molar-refractivity contribution in [2.75, 3.05) is 0 Å². The van der Waals surface area contributed by atoms with Crippen molar-refractivity contribution in [3.05, 3.63) is 41.8 Å². The van der Waals surface area contributed by atoms with Gasteiger partial charge in [0.05, 0.1) is 17.9 Å². The Hall–Kier alpha value is -3.13. The highest BCUT2D eigenvalue weighted by molar-refractivity contribution is 6.31. The maximum atomic E-state index is 12.1. The first-order chi connectivity index (χ1) is 12.8. The van der Waals surface area contributed by atoms with E-state index in [1.165, 1.54) is 0 Å². The predicted octanol–water partition coefficient (Wildman–Crippen LogP) is 3.84. The number of carbonyl (C=O) groups excluding carboxylic acids is 1. The van der Waals surface area contributed by atoms with Gasteiger partial charge in [0.25, 0.3) is 0 Å². The molecule has 8 nitrogen and oxygen atoms in total. The highest BCUT2D eigenvalue weighted by Crippen LogP contribution is 2.25. The Labute approximate surface area is 159 Å². The summed E-state index contributed by atoms with van der Waals surface area (Å²) in [6, 6.07) is 5.49. The third-order valence-corrected chi connectivity index (χ3v) is 4.00. The summed E-state index contributed by atoms with van der Waals surface area (Å²) in [6.07, 6.45) is 4.30. The predicted molar refractivity (Wildman–Crippen MR) is 102 cm³/mol. The van der Waals surface area contributed by atoms with Crippen LogP contribution >= 0.6 is 11.6 Å². The molecule has 0 saturated carbocycles. The van der Waals surface area contributed by atoms with Crippen LogP contribution in [0.3, 0.4) is 0 Å². The summed E-state index contributed by atoms with van der Waals surface area (Å²) >= 11 is 6.10. The lowest BCUT2D eigenvalue weighted by Crippen LogP contribution is -2.42. The molecule has 0 radical (unpaired) electrons. The van der Waals surface area contributed by atoms with Gasteiger partial charge in [-0.15, -0.1) is 0 Å². The number of nitrogens with zero attached hydrogens (tertiary/aromatic N) is 4. The summed E-state index contributed by atoms with van der Waals surface area (Å²) in [5.74, 6) is 0.774. The third-order valence-electron chi connectivity index (χ3n) is 3.76. The van der Waals surface area contributed by atoms with E-state index in [2.05, 4.69) is 25.4 Å². The number of aromatic amines is 1. The number of carbonyl (C=O) groups is 1. The summed E-state index contributed by atoms with van der Waals surface area (Å²) in [5.41, 5.74) is 1.33. The molecule has 138 valence electrons. The minimum Gasteiger partial charge on any atom is -0.406 e. The number of benzene rings is 1. The highest BCUT2D eigenvalue weighted by atomic mass is 35.5. The number of amides is 1. The molecular formula is C18H17ClN6O2. The maximum absolute atomic E-state index is 12.1. The van der Waals surface area contributed by atoms with Gasteiger partial charge in [0.1, 0.15) is 0 Å². The zero-order chi connectivity index (χ0) is 19.2. The van der Waals surface area contributed by atoms with E-state index in [1.54, 1.807) is 35.4 Å². The van der Waals surface area contributed by atoms with Gasteiger partial charge in [-0.3, -0.25) is 0 Å². The molecule has 4 rings (SSSR count). The molecule has 1 aromatic carbocycles. The molecule has 9 heteroatoms. The van der Waals surface area contributed by atoms with Gasteiger partial charge in [-0.05, 0) is 39.0 Å². The van der Waals surface area contributed by atoms with Crippen molar-refractivity contribution in [2.24, 2.45) is 0 Å². The summed E-state index contributed by atoms with van der Waals surface area (Å²) in [6.45, 7) is 5.61. The Balaban J connectivity index is 1.73. The first kappa shape index (κ1) is 17.3. The lowest BCUT2D eigenvalue weighted by Gasteiger charge is -2.19. The quantitative estimate of drug-likeness (QED) is 0.547. The number of hydrogen-bond donors (Lipinski definition) is 2. The first-order valence-corrected chi connectivity index (χ1v) is 8.66. The topological polar surface area (TPSA) is 97.7 Å². The molecule has 0 aliphatic rings. The fraction of sp³-hybridized carbons (Fsp3) is 0.222. The molecule has 0 unspecified atom stereocenters. The van der Waals surface area contributed by atoms with E-state index in [0.717, 1.165) is 10.9 Å². The number of aromatic nitrogens is 5. The Morgan fingerprint density at radius 1 is 1.30 bits per heavy atom. The summed E-state index contributed by atoms with van der Waals surface area (Å²) in [4.78, 5) is 23.9. The molecule has 3 heterocycles. The van der Waals surface area contributed by atoms with Gasteiger partial charge >= 0.3 is 6.09 Å². The van der Waals surface area contributed by atoms with Crippen LogP contribution in [0.5, 0.6) is 5.75 Å². The minimum absolute atomic E-state index is 0.288. The smallest absolute Gasteiger partial charge is 0.406 e. The van der Waals surface area contributed by atoms with Crippen molar-refractivity contribution in [1.29, 1.82) is 0 Å². The van der Waals surface area contributed by atoms with Gasteiger partial charge in [-0.2, -0.15) is 5.10 Å². The molecule has 0 aliphatic heterocycles. The van der Waals surface area contributed by atoms with Gasteiger partial charge in [0.15, 0.2) is 22.7 Å². The number of H-pyrrole nitrogens is 1. The molecule has 0 bridgehead atoms. The molecular weight excluding hydrogens is 368 g/mol. The van der Waals surface area contributed by atoms with Crippen LogP contribution < -0.4 is 10.1 Å². The van der Waals surface area contributed by atoms with E-state index in [4.69, 9.17) is 16.3 Å². The molecule has 0 atom stereocenters. The summed E-state index contributed by atoms with van der Waals surface area (Å²) < 4.78 is 7.03. The van der Waals surface area contributed by atoms with Crippen molar-refractivity contribution in [3.63, 3.8) is 0 Å². The SMILES string of the molecule is CC(C)(C)NC(=O)Oc1c[nH]c2ncc(-n3ncc4ccc(Cl)cc43)nc12. The molecule has 0 aliphatic carbocycles. The molecule has 1 amide bonds. The second-order valence-electron chi connectivity index (χ2n) is 7.10. The van der Waals surface area contributed by atoms with Crippen LogP contribution in [0.1, 0.15) is 20.8 Å². The summed E-state index contributed by atoms with van der Waals surface area (Å²) in [7, 11) is 0. The number of nitrogens with one attached hydrogen (secondary N) is 2. The van der Waals surface area contributed by atoms with Crippen LogP contribution in [-0.4, -0.2) is 36.4 Å². The summed E-state index contributed by atoms with van der Waals surface area (Å²) in [5, 5.41) is 8.63. The van der Waals surface area contributed by atoms with Gasteiger partial charge in [-0.1, -0.05) is 11.6 Å². The van der Waals surface area contributed by atoms with E-state index < -0.39 is 11.6 Å². The number of ether oxygens (including phenoxy) is 1. The van der Waals surface area contributed by atoms with Crippen LogP contribution in [0.15, 0.2) is 36.8 Å². The van der Waals surface area contributed by atoms with Crippen LogP contribution in [0, 0.1) is 0 Å². The first-order valence-electron chi connectivity index (χ1n) is 8.28. The molecule has 0 saturated heterocycles. The van der Waals surface area contributed by atoms with Crippen molar-refractivity contribution >= 4 is 39.8 Å². The molecule has 4 aromatic rings. The average Bonchev–Trinajstić information content (AvgIpc) is 3.16. The van der Waals surface area contributed by atoms with Crippen LogP contribution in [0.25, 0.3) is 27.9 Å². The van der Waals surface area contributed by atoms with E-state index in [1.807, 2.05) is 26.8 Å². The van der Waals surface area contributed by atoms with E-state index >= 15 is 0 Å². The molecule has 3 aromatic heterocycles. The van der Waals surface area contributed by atoms with Crippen LogP contribution in [-0.2, 0) is 0 Å². The lowest BCUT2D eigenvalue weighted by atomic mass is 10.1. The van der Waals surface area contributed by atoms with Gasteiger partial charge in [0, 0.05) is 22.1 Å². The Kier molecular flexibility index (Phi) is 4.00. The maximum Gasteiger partial charge on any atom is 0.413 e. The second-order valence-corrected chi connectivity index (χ2v) is 7.54. The van der Waals surface area contributed by atoms with E-state index in [-0.39, 0.29) is 5.75 Å². The number of halogens is 1. The van der Waals surface area contributed by atoms with Crippen LogP contribution in [0.4, 0.5) is 4.79 Å². The molecule has 0 spiro atoms. The van der Waals surface area contributed by atoms with E-state index in [0.29, 0.717) is 22.0 Å². The largest absolute Gasteiger partial charge is 0.413 e.